The number of amides is 2. The van der Waals surface area contributed by atoms with Gasteiger partial charge in [-0.2, -0.15) is 5.10 Å². The summed E-state index contributed by atoms with van der Waals surface area (Å²) in [5, 5.41) is 12.4. The van der Waals surface area contributed by atoms with Crippen molar-refractivity contribution in [1.29, 1.82) is 0 Å². The Balaban J connectivity index is 1.42. The summed E-state index contributed by atoms with van der Waals surface area (Å²) in [7, 11) is 3.38. The van der Waals surface area contributed by atoms with Crippen LogP contribution in [0.3, 0.4) is 0 Å². The average molecular weight is 492 g/mol. The largest absolute Gasteiger partial charge is 0.382 e. The minimum Gasteiger partial charge on any atom is -0.382 e. The van der Waals surface area contributed by atoms with E-state index in [0.717, 1.165) is 35.4 Å². The van der Waals surface area contributed by atoms with Crippen molar-refractivity contribution in [1.82, 2.24) is 20.1 Å². The number of methoxy groups -OCH3 is 1. The van der Waals surface area contributed by atoms with E-state index in [1.54, 1.807) is 4.68 Å². The topological polar surface area (TPSA) is 98.1 Å². The predicted molar refractivity (Wildman–Crippen MR) is 138 cm³/mol. The third kappa shape index (κ3) is 6.12. The maximum Gasteiger partial charge on any atom is 0.251 e. The van der Waals surface area contributed by atoms with Gasteiger partial charge < -0.3 is 15.4 Å². The number of allylic oxidation sites excluding steroid dienone is 2. The smallest absolute Gasteiger partial charge is 0.251 e. The molecule has 2 atom stereocenters. The SMILES string of the molecule is CCCC1C=CC(C(=O)N[C@@H](COC)C(=O)Nc2nc(-c3cccc(-c4ccn(C)n4)c3)cs2)=C1. The van der Waals surface area contributed by atoms with Crippen LogP contribution in [0.4, 0.5) is 5.13 Å². The fraction of sp³-hybridized carbons (Fsp3) is 0.308. The molecule has 1 unspecified atom stereocenters. The maximum absolute atomic E-state index is 12.9. The highest BCUT2D eigenvalue weighted by atomic mass is 32.1. The van der Waals surface area contributed by atoms with Crippen molar-refractivity contribution in [2.75, 3.05) is 19.0 Å². The van der Waals surface area contributed by atoms with Crippen molar-refractivity contribution in [3.8, 4) is 22.5 Å². The lowest BCUT2D eigenvalue weighted by atomic mass is 10.1. The van der Waals surface area contributed by atoms with Crippen LogP contribution >= 0.6 is 11.3 Å². The van der Waals surface area contributed by atoms with Gasteiger partial charge in [0.15, 0.2) is 5.13 Å². The molecule has 0 spiro atoms. The summed E-state index contributed by atoms with van der Waals surface area (Å²) in [5.74, 6) is -0.403. The zero-order valence-corrected chi connectivity index (χ0v) is 20.8. The lowest BCUT2D eigenvalue weighted by Crippen LogP contribution is -2.46. The molecule has 2 amide bonds. The van der Waals surface area contributed by atoms with E-state index in [4.69, 9.17) is 4.74 Å². The van der Waals surface area contributed by atoms with Gasteiger partial charge >= 0.3 is 0 Å². The number of anilines is 1. The number of benzene rings is 1. The van der Waals surface area contributed by atoms with Crippen LogP contribution in [-0.4, -0.2) is 46.3 Å². The fourth-order valence-electron chi connectivity index (χ4n) is 3.89. The van der Waals surface area contributed by atoms with E-state index in [2.05, 4.69) is 27.6 Å². The summed E-state index contributed by atoms with van der Waals surface area (Å²) >= 11 is 1.33. The maximum atomic E-state index is 12.9. The number of ether oxygens (including phenoxy) is 1. The number of rotatable bonds is 10. The first-order valence-electron chi connectivity index (χ1n) is 11.5. The summed E-state index contributed by atoms with van der Waals surface area (Å²) in [5.41, 5.74) is 4.11. The number of aryl methyl sites for hydroxylation is 1. The summed E-state index contributed by atoms with van der Waals surface area (Å²) in [6, 6.07) is 9.06. The minimum absolute atomic E-state index is 0.0529. The van der Waals surface area contributed by atoms with Crippen molar-refractivity contribution in [3.63, 3.8) is 0 Å². The van der Waals surface area contributed by atoms with Gasteiger partial charge in [0.25, 0.3) is 11.8 Å². The van der Waals surface area contributed by atoms with E-state index in [0.29, 0.717) is 10.7 Å². The quantitative estimate of drug-likeness (QED) is 0.443. The number of carbonyl (C=O) groups excluding carboxylic acids is 2. The Morgan fingerprint density at radius 1 is 1.23 bits per heavy atom. The van der Waals surface area contributed by atoms with Gasteiger partial charge in [-0.05, 0) is 24.5 Å². The molecule has 0 bridgehead atoms. The summed E-state index contributed by atoms with van der Waals surface area (Å²) in [6.07, 6.45) is 9.70. The molecule has 3 aromatic rings. The number of hydrogen-bond acceptors (Lipinski definition) is 6. The number of carbonyl (C=O) groups is 2. The Bertz CT molecular complexity index is 1260. The van der Waals surface area contributed by atoms with Crippen molar-refractivity contribution in [3.05, 3.63) is 65.7 Å². The second-order valence-corrected chi connectivity index (χ2v) is 9.26. The lowest BCUT2D eigenvalue weighted by molar-refractivity contribution is -0.125. The van der Waals surface area contributed by atoms with E-state index in [-0.39, 0.29) is 24.3 Å². The molecule has 2 heterocycles. The average Bonchev–Trinajstić information content (AvgIpc) is 3.61. The third-order valence-electron chi connectivity index (χ3n) is 5.66. The molecule has 0 saturated carbocycles. The molecule has 0 radical (unpaired) electrons. The van der Waals surface area contributed by atoms with Gasteiger partial charge in [0.05, 0.1) is 18.0 Å². The summed E-state index contributed by atoms with van der Waals surface area (Å²) in [4.78, 5) is 30.2. The van der Waals surface area contributed by atoms with Crippen molar-refractivity contribution in [2.24, 2.45) is 13.0 Å². The molecule has 0 saturated heterocycles. The normalized spacial score (nSPS) is 15.6. The van der Waals surface area contributed by atoms with Crippen LogP contribution in [0.15, 0.2) is 65.7 Å². The Hall–Kier alpha value is -3.56. The summed E-state index contributed by atoms with van der Waals surface area (Å²) < 4.78 is 6.94. The number of aromatic nitrogens is 3. The summed E-state index contributed by atoms with van der Waals surface area (Å²) in [6.45, 7) is 2.16. The minimum atomic E-state index is -0.841. The highest BCUT2D eigenvalue weighted by Gasteiger charge is 2.24. The van der Waals surface area contributed by atoms with E-state index >= 15 is 0 Å². The first kappa shape index (κ1) is 24.6. The van der Waals surface area contributed by atoms with Crippen LogP contribution in [-0.2, 0) is 21.4 Å². The molecule has 1 aliphatic rings. The highest BCUT2D eigenvalue weighted by Crippen LogP contribution is 2.28. The van der Waals surface area contributed by atoms with Crippen LogP contribution in [0.1, 0.15) is 19.8 Å². The zero-order valence-electron chi connectivity index (χ0n) is 20.0. The predicted octanol–water partition coefficient (Wildman–Crippen LogP) is 4.19. The standard InChI is InChI=1S/C26H29N5O3S/c1-4-6-17-9-10-20(13-17)24(32)27-22(15-34-3)25(33)29-26-28-23(16-35-26)19-8-5-7-18(14-19)21-11-12-31(2)30-21/h5,7-14,16-17,22H,4,6,15H2,1-3H3,(H,27,32)(H,28,29,33)/t17?,22-/m0/s1. The molecule has 2 N–H and O–H groups in total. The number of hydrogen-bond donors (Lipinski definition) is 2. The Labute approximate surface area is 208 Å². The van der Waals surface area contributed by atoms with Gasteiger partial charge in [-0.1, -0.05) is 49.8 Å². The molecular formula is C26H29N5O3S. The zero-order chi connectivity index (χ0) is 24.8. The van der Waals surface area contributed by atoms with Gasteiger partial charge in [0, 0.05) is 42.4 Å². The van der Waals surface area contributed by atoms with Crippen molar-refractivity contribution >= 4 is 28.3 Å². The van der Waals surface area contributed by atoms with Crippen LogP contribution in [0.2, 0.25) is 0 Å². The van der Waals surface area contributed by atoms with Crippen molar-refractivity contribution in [2.45, 2.75) is 25.8 Å². The molecule has 0 aliphatic heterocycles. The molecule has 4 rings (SSSR count). The first-order valence-corrected chi connectivity index (χ1v) is 12.4. The second-order valence-electron chi connectivity index (χ2n) is 8.40. The molecule has 0 fully saturated rings. The molecule has 35 heavy (non-hydrogen) atoms. The second kappa shape index (κ2) is 11.2. The highest BCUT2D eigenvalue weighted by molar-refractivity contribution is 7.14. The molecule has 8 nitrogen and oxygen atoms in total. The molecule has 9 heteroatoms. The third-order valence-corrected chi connectivity index (χ3v) is 6.42. The van der Waals surface area contributed by atoms with E-state index in [1.165, 1.54) is 18.4 Å². The Kier molecular flexibility index (Phi) is 7.89. The van der Waals surface area contributed by atoms with Gasteiger partial charge in [0.2, 0.25) is 0 Å². The Morgan fingerprint density at radius 3 is 2.74 bits per heavy atom. The van der Waals surface area contributed by atoms with Crippen LogP contribution in [0.5, 0.6) is 0 Å². The van der Waals surface area contributed by atoms with Gasteiger partial charge in [-0.25, -0.2) is 4.98 Å². The number of nitrogens with one attached hydrogen (secondary N) is 2. The molecule has 1 aliphatic carbocycles. The van der Waals surface area contributed by atoms with E-state index in [1.807, 2.05) is 67.2 Å². The monoisotopic (exact) mass is 491 g/mol. The van der Waals surface area contributed by atoms with E-state index < -0.39 is 6.04 Å². The Morgan fingerprint density at radius 2 is 2.03 bits per heavy atom. The van der Waals surface area contributed by atoms with Gasteiger partial charge in [-0.15, -0.1) is 11.3 Å². The van der Waals surface area contributed by atoms with Crippen LogP contribution < -0.4 is 10.6 Å². The van der Waals surface area contributed by atoms with Crippen molar-refractivity contribution < 1.29 is 14.3 Å². The van der Waals surface area contributed by atoms with Crippen LogP contribution in [0, 0.1) is 5.92 Å². The molecule has 182 valence electrons. The number of nitrogens with zero attached hydrogens (tertiary/aromatic N) is 3. The fourth-order valence-corrected chi connectivity index (χ4v) is 4.61. The van der Waals surface area contributed by atoms with Crippen LogP contribution in [0.25, 0.3) is 22.5 Å². The number of thiazole rings is 1. The first-order chi connectivity index (χ1) is 17.0. The van der Waals surface area contributed by atoms with Gasteiger partial charge in [0.1, 0.15) is 6.04 Å². The molecule has 1 aromatic carbocycles. The molecular weight excluding hydrogens is 462 g/mol. The van der Waals surface area contributed by atoms with E-state index in [9.17, 15) is 9.59 Å². The molecule has 2 aromatic heterocycles. The lowest BCUT2D eigenvalue weighted by Gasteiger charge is -2.17. The van der Waals surface area contributed by atoms with Gasteiger partial charge in [-0.3, -0.25) is 14.3 Å².